The number of nitrogens with zero attached hydrogens (tertiary/aromatic N) is 1. The van der Waals surface area contributed by atoms with Crippen molar-refractivity contribution < 1.29 is 29.0 Å². The topological polar surface area (TPSA) is 105 Å². The third-order valence-corrected chi connectivity index (χ3v) is 6.22. The van der Waals surface area contributed by atoms with Gasteiger partial charge in [0.1, 0.15) is 18.2 Å². The second-order valence-electron chi connectivity index (χ2n) is 9.68. The molecule has 2 aromatic rings. The summed E-state index contributed by atoms with van der Waals surface area (Å²) in [6.45, 7) is 5.45. The van der Waals surface area contributed by atoms with Crippen molar-refractivity contribution in [2.75, 3.05) is 13.2 Å². The molecule has 1 aliphatic carbocycles. The number of benzene rings is 2. The normalized spacial score (nSPS) is 19.3. The Kier molecular flexibility index (Phi) is 6.50. The average Bonchev–Trinajstić information content (AvgIpc) is 3.35. The van der Waals surface area contributed by atoms with Crippen LogP contribution in [0.25, 0.3) is 11.1 Å². The fraction of sp³-hybridized carbons (Fsp3) is 0.423. The van der Waals surface area contributed by atoms with Crippen molar-refractivity contribution in [3.05, 3.63) is 59.7 Å². The number of hydrogen-bond acceptors (Lipinski definition) is 5. The molecule has 8 nitrogen and oxygen atoms in total. The average molecular weight is 467 g/mol. The highest BCUT2D eigenvalue weighted by atomic mass is 16.6. The van der Waals surface area contributed by atoms with E-state index in [1.807, 2.05) is 36.4 Å². The minimum absolute atomic E-state index is 0.0862. The molecule has 0 unspecified atom stereocenters. The summed E-state index contributed by atoms with van der Waals surface area (Å²) in [5.74, 6) is -1.21. The van der Waals surface area contributed by atoms with Crippen molar-refractivity contribution in [2.45, 2.75) is 57.2 Å². The van der Waals surface area contributed by atoms with E-state index in [4.69, 9.17) is 9.47 Å². The SMILES string of the molecule is CC(C)(C)OC(=O)NC[C@H]1CC[C@H](C(=O)O)N1C(=O)OCC1c2ccccc2-c2ccccc21. The highest BCUT2D eigenvalue weighted by Gasteiger charge is 2.42. The summed E-state index contributed by atoms with van der Waals surface area (Å²) in [6.07, 6.45) is -0.571. The zero-order chi connectivity index (χ0) is 24.5. The first kappa shape index (κ1) is 23.6. The lowest BCUT2D eigenvalue weighted by Crippen LogP contribution is -2.49. The van der Waals surface area contributed by atoms with Gasteiger partial charge >= 0.3 is 18.2 Å². The van der Waals surface area contributed by atoms with Gasteiger partial charge in [0.25, 0.3) is 0 Å². The number of carbonyl (C=O) groups is 3. The molecule has 2 aliphatic rings. The van der Waals surface area contributed by atoms with Gasteiger partial charge in [0.2, 0.25) is 0 Å². The van der Waals surface area contributed by atoms with Crippen LogP contribution in [0.5, 0.6) is 0 Å². The van der Waals surface area contributed by atoms with Crippen molar-refractivity contribution in [1.82, 2.24) is 10.2 Å². The number of alkyl carbamates (subject to hydrolysis) is 1. The van der Waals surface area contributed by atoms with Crippen LogP contribution < -0.4 is 5.32 Å². The Balaban J connectivity index is 1.46. The Bertz CT molecular complexity index is 1050. The largest absolute Gasteiger partial charge is 0.480 e. The maximum Gasteiger partial charge on any atom is 0.410 e. The first-order valence-corrected chi connectivity index (χ1v) is 11.5. The number of aliphatic carboxylic acids is 1. The Labute approximate surface area is 198 Å². The number of rotatable bonds is 5. The van der Waals surface area contributed by atoms with Gasteiger partial charge in [-0.3, -0.25) is 4.90 Å². The summed E-state index contributed by atoms with van der Waals surface area (Å²) >= 11 is 0. The van der Waals surface area contributed by atoms with Crippen LogP contribution in [0.2, 0.25) is 0 Å². The van der Waals surface area contributed by atoms with Gasteiger partial charge in [-0.25, -0.2) is 14.4 Å². The van der Waals surface area contributed by atoms with E-state index < -0.39 is 35.8 Å². The third-order valence-electron chi connectivity index (χ3n) is 6.22. The molecule has 1 saturated heterocycles. The quantitative estimate of drug-likeness (QED) is 0.678. The van der Waals surface area contributed by atoms with Gasteiger partial charge in [0.15, 0.2) is 0 Å². The van der Waals surface area contributed by atoms with E-state index in [1.54, 1.807) is 20.8 Å². The van der Waals surface area contributed by atoms with Crippen molar-refractivity contribution >= 4 is 18.2 Å². The molecular formula is C26H30N2O6. The van der Waals surface area contributed by atoms with E-state index in [0.717, 1.165) is 22.3 Å². The predicted octanol–water partition coefficient (Wildman–Crippen LogP) is 4.38. The molecule has 0 saturated carbocycles. The second kappa shape index (κ2) is 9.37. The lowest BCUT2D eigenvalue weighted by Gasteiger charge is -2.29. The Morgan fingerprint density at radius 1 is 1.00 bits per heavy atom. The summed E-state index contributed by atoms with van der Waals surface area (Å²) in [4.78, 5) is 38.2. The number of nitrogens with one attached hydrogen (secondary N) is 1. The Hall–Kier alpha value is -3.55. The first-order valence-electron chi connectivity index (χ1n) is 11.5. The second-order valence-corrected chi connectivity index (χ2v) is 9.68. The maximum atomic E-state index is 13.1. The summed E-state index contributed by atoms with van der Waals surface area (Å²) in [7, 11) is 0. The molecule has 2 atom stereocenters. The van der Waals surface area contributed by atoms with Crippen LogP contribution in [-0.2, 0) is 14.3 Å². The Morgan fingerprint density at radius 3 is 2.15 bits per heavy atom. The number of ether oxygens (including phenoxy) is 2. The molecule has 0 radical (unpaired) electrons. The van der Waals surface area contributed by atoms with Gasteiger partial charge in [0, 0.05) is 12.5 Å². The van der Waals surface area contributed by atoms with Crippen molar-refractivity contribution in [3.8, 4) is 11.1 Å². The zero-order valence-electron chi connectivity index (χ0n) is 19.6. The van der Waals surface area contributed by atoms with Crippen molar-refractivity contribution in [2.24, 2.45) is 0 Å². The molecule has 4 rings (SSSR count). The zero-order valence-corrected chi connectivity index (χ0v) is 19.6. The van der Waals surface area contributed by atoms with E-state index in [-0.39, 0.29) is 19.1 Å². The monoisotopic (exact) mass is 466 g/mol. The number of carboxylic acids is 1. The van der Waals surface area contributed by atoms with Gasteiger partial charge < -0.3 is 19.9 Å². The standard InChI is InChI=1S/C26H30N2O6/c1-26(2,3)34-24(31)27-14-16-12-13-22(23(29)30)28(16)25(32)33-15-21-19-10-6-4-8-17(19)18-9-5-7-11-20(18)21/h4-11,16,21-22H,12-15H2,1-3H3,(H,27,31)(H,29,30)/t16-,22-/m1/s1. The number of fused-ring (bicyclic) bond motifs is 3. The lowest BCUT2D eigenvalue weighted by atomic mass is 9.98. The van der Waals surface area contributed by atoms with Gasteiger partial charge in [-0.05, 0) is 55.9 Å². The predicted molar refractivity (Wildman–Crippen MR) is 126 cm³/mol. The number of carboxylic acid groups (broad SMARTS) is 1. The van der Waals surface area contributed by atoms with E-state index in [9.17, 15) is 19.5 Å². The van der Waals surface area contributed by atoms with E-state index in [1.165, 1.54) is 4.90 Å². The van der Waals surface area contributed by atoms with Crippen LogP contribution in [0.15, 0.2) is 48.5 Å². The molecule has 180 valence electrons. The molecule has 2 aromatic carbocycles. The van der Waals surface area contributed by atoms with Gasteiger partial charge in [0.05, 0.1) is 6.04 Å². The minimum Gasteiger partial charge on any atom is -0.480 e. The van der Waals surface area contributed by atoms with Gasteiger partial charge in [-0.15, -0.1) is 0 Å². The van der Waals surface area contributed by atoms with E-state index >= 15 is 0 Å². The highest BCUT2D eigenvalue weighted by molar-refractivity contribution is 5.82. The molecule has 34 heavy (non-hydrogen) atoms. The molecule has 1 aliphatic heterocycles. The molecule has 0 aromatic heterocycles. The number of carbonyl (C=O) groups excluding carboxylic acids is 2. The lowest BCUT2D eigenvalue weighted by molar-refractivity contribution is -0.142. The van der Waals surface area contributed by atoms with Crippen LogP contribution in [0.3, 0.4) is 0 Å². The fourth-order valence-electron chi connectivity index (χ4n) is 4.79. The molecule has 2 N–H and O–H groups in total. The van der Waals surface area contributed by atoms with Gasteiger partial charge in [-0.1, -0.05) is 48.5 Å². The minimum atomic E-state index is -1.09. The first-order chi connectivity index (χ1) is 16.2. The molecule has 0 bridgehead atoms. The summed E-state index contributed by atoms with van der Waals surface area (Å²) in [6, 6.07) is 14.5. The summed E-state index contributed by atoms with van der Waals surface area (Å²) in [5, 5.41) is 12.3. The number of amides is 2. The number of hydrogen-bond donors (Lipinski definition) is 2. The van der Waals surface area contributed by atoms with Crippen LogP contribution in [0, 0.1) is 0 Å². The van der Waals surface area contributed by atoms with E-state index in [2.05, 4.69) is 17.4 Å². The Morgan fingerprint density at radius 2 is 1.59 bits per heavy atom. The maximum absolute atomic E-state index is 13.1. The third kappa shape index (κ3) is 4.85. The van der Waals surface area contributed by atoms with Crippen LogP contribution in [-0.4, -0.2) is 59.0 Å². The summed E-state index contributed by atoms with van der Waals surface area (Å²) in [5.41, 5.74) is 3.73. The van der Waals surface area contributed by atoms with Gasteiger partial charge in [-0.2, -0.15) is 0 Å². The molecule has 1 heterocycles. The fourth-order valence-corrected chi connectivity index (χ4v) is 4.79. The van der Waals surface area contributed by atoms with Crippen LogP contribution >= 0.6 is 0 Å². The highest BCUT2D eigenvalue weighted by Crippen LogP contribution is 2.44. The van der Waals surface area contributed by atoms with E-state index in [0.29, 0.717) is 12.8 Å². The molecular weight excluding hydrogens is 436 g/mol. The molecule has 8 heteroatoms. The molecule has 2 amide bonds. The smallest absolute Gasteiger partial charge is 0.410 e. The van der Waals surface area contributed by atoms with Crippen LogP contribution in [0.1, 0.15) is 50.7 Å². The van der Waals surface area contributed by atoms with Crippen molar-refractivity contribution in [1.29, 1.82) is 0 Å². The molecule has 0 spiro atoms. The number of likely N-dealkylation sites (tertiary alicyclic amines) is 1. The van der Waals surface area contributed by atoms with Crippen molar-refractivity contribution in [3.63, 3.8) is 0 Å². The summed E-state index contributed by atoms with van der Waals surface area (Å²) < 4.78 is 10.9. The molecule has 1 fully saturated rings. The van der Waals surface area contributed by atoms with Crippen LogP contribution in [0.4, 0.5) is 9.59 Å².